The van der Waals surface area contributed by atoms with Crippen molar-refractivity contribution in [2.75, 3.05) is 13.7 Å². The van der Waals surface area contributed by atoms with Gasteiger partial charge in [0.05, 0.1) is 12.1 Å². The van der Waals surface area contributed by atoms with Crippen LogP contribution in [0.4, 0.5) is 0 Å². The maximum Gasteiger partial charge on any atom is 0.180 e. The minimum atomic E-state index is 0.0504. The Balaban J connectivity index is 2.92. The highest BCUT2D eigenvalue weighted by atomic mass is 35.5. The first kappa shape index (κ1) is 16.9. The predicted octanol–water partition coefficient (Wildman–Crippen LogP) is 4.19. The van der Waals surface area contributed by atoms with E-state index in [2.05, 4.69) is 32.7 Å². The van der Waals surface area contributed by atoms with Crippen LogP contribution in [-0.4, -0.2) is 19.3 Å². The van der Waals surface area contributed by atoms with Gasteiger partial charge in [0.15, 0.2) is 11.5 Å². The number of nitrogens with one attached hydrogen (secondary N) is 1. The van der Waals surface area contributed by atoms with Crippen LogP contribution >= 0.6 is 11.6 Å². The van der Waals surface area contributed by atoms with E-state index in [4.69, 9.17) is 21.1 Å². The Kier molecular flexibility index (Phi) is 5.90. The summed E-state index contributed by atoms with van der Waals surface area (Å²) in [5.41, 5.74) is 2.04. The first-order valence-electron chi connectivity index (χ1n) is 6.61. The van der Waals surface area contributed by atoms with Crippen molar-refractivity contribution in [2.24, 2.45) is 0 Å². The molecule has 1 rings (SSSR count). The lowest BCUT2D eigenvalue weighted by Gasteiger charge is -2.21. The number of ether oxygens (including phenoxy) is 2. The van der Waals surface area contributed by atoms with E-state index in [0.717, 1.165) is 17.7 Å². The lowest BCUT2D eigenvalue weighted by atomic mass is 10.1. The van der Waals surface area contributed by atoms with Gasteiger partial charge in [0, 0.05) is 12.1 Å². The predicted molar refractivity (Wildman–Crippen MR) is 84.9 cm³/mol. The molecule has 0 heterocycles. The lowest BCUT2D eigenvalue weighted by molar-refractivity contribution is 0.319. The van der Waals surface area contributed by atoms with Gasteiger partial charge >= 0.3 is 0 Å². The smallest absolute Gasteiger partial charge is 0.180 e. The normalized spacial score (nSPS) is 11.3. The largest absolute Gasteiger partial charge is 0.493 e. The van der Waals surface area contributed by atoms with Gasteiger partial charge in [-0.2, -0.15) is 0 Å². The summed E-state index contributed by atoms with van der Waals surface area (Å²) in [7, 11) is 1.61. The van der Waals surface area contributed by atoms with Crippen LogP contribution in [0.1, 0.15) is 33.3 Å². The van der Waals surface area contributed by atoms with Crippen molar-refractivity contribution in [3.63, 3.8) is 0 Å². The van der Waals surface area contributed by atoms with Gasteiger partial charge in [0.1, 0.15) is 6.61 Å². The third-order valence-corrected chi connectivity index (χ3v) is 2.86. The molecule has 0 bridgehead atoms. The van der Waals surface area contributed by atoms with Gasteiger partial charge in [-0.25, -0.2) is 0 Å². The molecule has 0 saturated carbocycles. The van der Waals surface area contributed by atoms with Crippen molar-refractivity contribution in [1.29, 1.82) is 0 Å². The van der Waals surface area contributed by atoms with Crippen LogP contribution in [0, 0.1) is 0 Å². The Labute approximate surface area is 126 Å². The molecular formula is C16H24ClNO2. The number of benzene rings is 1. The number of hydrogen-bond donors (Lipinski definition) is 1. The van der Waals surface area contributed by atoms with Crippen molar-refractivity contribution < 1.29 is 9.47 Å². The molecule has 20 heavy (non-hydrogen) atoms. The fourth-order valence-electron chi connectivity index (χ4n) is 1.58. The Morgan fingerprint density at radius 2 is 2.00 bits per heavy atom. The van der Waals surface area contributed by atoms with Gasteiger partial charge in [-0.3, -0.25) is 0 Å². The van der Waals surface area contributed by atoms with Crippen molar-refractivity contribution in [2.45, 2.75) is 39.8 Å². The van der Waals surface area contributed by atoms with E-state index in [0.29, 0.717) is 23.1 Å². The molecule has 0 fully saturated rings. The van der Waals surface area contributed by atoms with Crippen LogP contribution in [0.15, 0.2) is 24.3 Å². The highest BCUT2D eigenvalue weighted by Crippen LogP contribution is 2.36. The summed E-state index contributed by atoms with van der Waals surface area (Å²) in [5.74, 6) is 1.21. The molecular weight excluding hydrogens is 274 g/mol. The molecule has 0 radical (unpaired) electrons. The van der Waals surface area contributed by atoms with E-state index >= 15 is 0 Å². The monoisotopic (exact) mass is 297 g/mol. The van der Waals surface area contributed by atoms with Crippen molar-refractivity contribution in [1.82, 2.24) is 5.32 Å². The van der Waals surface area contributed by atoms with E-state index in [9.17, 15) is 0 Å². The molecule has 1 aromatic rings. The zero-order chi connectivity index (χ0) is 15.3. The number of halogens is 1. The summed E-state index contributed by atoms with van der Waals surface area (Å²) in [5, 5.41) is 3.97. The summed E-state index contributed by atoms with van der Waals surface area (Å²) in [6.07, 6.45) is 0. The Bertz CT molecular complexity index is 478. The van der Waals surface area contributed by atoms with E-state index in [1.54, 1.807) is 7.11 Å². The van der Waals surface area contributed by atoms with Gasteiger partial charge < -0.3 is 14.8 Å². The first-order chi connectivity index (χ1) is 9.23. The summed E-state index contributed by atoms with van der Waals surface area (Å²) in [6.45, 7) is 13.2. The molecule has 1 N–H and O–H groups in total. The maximum absolute atomic E-state index is 6.28. The second kappa shape index (κ2) is 7.00. The minimum Gasteiger partial charge on any atom is -0.493 e. The third-order valence-electron chi connectivity index (χ3n) is 2.57. The number of rotatable bonds is 6. The first-order valence-corrected chi connectivity index (χ1v) is 6.99. The van der Waals surface area contributed by atoms with Crippen LogP contribution < -0.4 is 14.8 Å². The molecule has 112 valence electrons. The Morgan fingerprint density at radius 1 is 1.35 bits per heavy atom. The van der Waals surface area contributed by atoms with Crippen molar-refractivity contribution in [3.8, 4) is 11.5 Å². The summed E-state index contributed by atoms with van der Waals surface area (Å²) < 4.78 is 11.0. The molecule has 4 heteroatoms. The molecule has 0 aliphatic carbocycles. The summed E-state index contributed by atoms with van der Waals surface area (Å²) in [6, 6.07) is 3.84. The van der Waals surface area contributed by atoms with Crippen molar-refractivity contribution in [3.05, 3.63) is 34.9 Å². The zero-order valence-corrected chi connectivity index (χ0v) is 13.7. The molecule has 0 aromatic heterocycles. The summed E-state index contributed by atoms with van der Waals surface area (Å²) >= 11 is 6.28. The van der Waals surface area contributed by atoms with E-state index in [-0.39, 0.29) is 5.54 Å². The third kappa shape index (κ3) is 5.43. The molecule has 0 atom stereocenters. The minimum absolute atomic E-state index is 0.0504. The van der Waals surface area contributed by atoms with E-state index < -0.39 is 0 Å². The van der Waals surface area contributed by atoms with Crippen LogP contribution in [0.25, 0.3) is 0 Å². The van der Waals surface area contributed by atoms with Gasteiger partial charge in [0.25, 0.3) is 0 Å². The zero-order valence-electron chi connectivity index (χ0n) is 13.0. The molecule has 0 spiro atoms. The van der Waals surface area contributed by atoms with Crippen molar-refractivity contribution >= 4 is 11.6 Å². The topological polar surface area (TPSA) is 30.5 Å². The van der Waals surface area contributed by atoms with Crippen LogP contribution in [0.3, 0.4) is 0 Å². The average Bonchev–Trinajstić information content (AvgIpc) is 2.33. The maximum atomic E-state index is 6.28. The van der Waals surface area contributed by atoms with E-state index in [1.807, 2.05) is 19.1 Å². The highest BCUT2D eigenvalue weighted by molar-refractivity contribution is 6.32. The fraction of sp³-hybridized carbons (Fsp3) is 0.500. The van der Waals surface area contributed by atoms with Crippen LogP contribution in [-0.2, 0) is 6.54 Å². The lowest BCUT2D eigenvalue weighted by Crippen LogP contribution is -2.35. The van der Waals surface area contributed by atoms with Gasteiger partial charge in [-0.05, 0) is 51.0 Å². The van der Waals surface area contributed by atoms with Crippen LogP contribution in [0.5, 0.6) is 11.5 Å². The van der Waals surface area contributed by atoms with Gasteiger partial charge in [0.2, 0.25) is 0 Å². The van der Waals surface area contributed by atoms with Crippen LogP contribution in [0.2, 0.25) is 5.02 Å². The second-order valence-electron chi connectivity index (χ2n) is 5.96. The number of hydrogen-bond acceptors (Lipinski definition) is 3. The SMILES string of the molecule is C=C(C)COc1c(Cl)cc(CNC(C)(C)C)cc1OC. The Morgan fingerprint density at radius 3 is 2.50 bits per heavy atom. The molecule has 3 nitrogen and oxygen atoms in total. The summed E-state index contributed by atoms with van der Waals surface area (Å²) in [4.78, 5) is 0. The highest BCUT2D eigenvalue weighted by Gasteiger charge is 2.14. The van der Waals surface area contributed by atoms with Gasteiger partial charge in [-0.1, -0.05) is 18.2 Å². The average molecular weight is 298 g/mol. The molecule has 0 amide bonds. The fourth-order valence-corrected chi connectivity index (χ4v) is 1.87. The molecule has 0 aliphatic heterocycles. The standard InChI is InChI=1S/C16H24ClNO2/c1-11(2)10-20-15-13(17)7-12(8-14(15)19-6)9-18-16(3,4)5/h7-8,18H,1,9-10H2,2-6H3. The molecule has 0 unspecified atom stereocenters. The molecule has 0 aliphatic rings. The van der Waals surface area contributed by atoms with Gasteiger partial charge in [-0.15, -0.1) is 0 Å². The number of methoxy groups -OCH3 is 1. The molecule has 1 aromatic carbocycles. The Hall–Kier alpha value is -1.19. The quantitative estimate of drug-likeness (QED) is 0.799. The molecule has 0 saturated heterocycles. The van der Waals surface area contributed by atoms with E-state index in [1.165, 1.54) is 0 Å². The second-order valence-corrected chi connectivity index (χ2v) is 6.37.